The molecule has 2 aromatic heterocycles. The summed E-state index contributed by atoms with van der Waals surface area (Å²) in [7, 11) is 0. The summed E-state index contributed by atoms with van der Waals surface area (Å²) >= 11 is 3.35. The van der Waals surface area contributed by atoms with E-state index in [0.29, 0.717) is 16.0 Å². The van der Waals surface area contributed by atoms with Gasteiger partial charge in [0.05, 0.1) is 11.1 Å². The first kappa shape index (κ1) is 10.4. The molecule has 5 heteroatoms. The van der Waals surface area contributed by atoms with Crippen LogP contribution in [0.25, 0.3) is 16.9 Å². The Morgan fingerprint density at radius 2 is 1.94 bits per heavy atom. The zero-order chi connectivity index (χ0) is 11.8. The van der Waals surface area contributed by atoms with Gasteiger partial charge in [-0.05, 0) is 40.2 Å². The third-order valence-corrected chi connectivity index (χ3v) is 3.06. The zero-order valence-electron chi connectivity index (χ0n) is 8.64. The van der Waals surface area contributed by atoms with E-state index in [-0.39, 0.29) is 5.82 Å². The molecule has 3 aromatic rings. The molecule has 0 bridgehead atoms. The van der Waals surface area contributed by atoms with Gasteiger partial charge in [-0.15, -0.1) is 0 Å². The lowest BCUT2D eigenvalue weighted by Gasteiger charge is -2.00. The maximum Gasteiger partial charge on any atom is 0.165 e. The van der Waals surface area contributed by atoms with Crippen molar-refractivity contribution >= 4 is 21.4 Å². The van der Waals surface area contributed by atoms with E-state index in [0.717, 1.165) is 5.52 Å². The normalized spacial score (nSPS) is 10.9. The number of imidazole rings is 1. The van der Waals surface area contributed by atoms with E-state index in [2.05, 4.69) is 26.0 Å². The summed E-state index contributed by atoms with van der Waals surface area (Å²) in [6, 6.07) is 10.2. The van der Waals surface area contributed by atoms with Crippen LogP contribution in [0.2, 0.25) is 0 Å². The Morgan fingerprint density at radius 1 is 1.12 bits per heavy atom. The van der Waals surface area contributed by atoms with Crippen LogP contribution in [0.5, 0.6) is 0 Å². The third kappa shape index (κ3) is 1.63. The molecule has 1 aromatic carbocycles. The van der Waals surface area contributed by atoms with Crippen LogP contribution in [-0.4, -0.2) is 14.6 Å². The fourth-order valence-corrected chi connectivity index (χ4v) is 2.18. The molecule has 84 valence electrons. The molecule has 0 saturated heterocycles. The molecule has 0 amide bonds. The monoisotopic (exact) mass is 291 g/mol. The van der Waals surface area contributed by atoms with Crippen molar-refractivity contribution in [3.63, 3.8) is 0 Å². The van der Waals surface area contributed by atoms with Crippen LogP contribution in [0.3, 0.4) is 0 Å². The van der Waals surface area contributed by atoms with Gasteiger partial charge in [0.1, 0.15) is 10.4 Å². The highest BCUT2D eigenvalue weighted by Gasteiger charge is 2.14. The van der Waals surface area contributed by atoms with Crippen molar-refractivity contribution in [3.8, 4) is 11.4 Å². The minimum absolute atomic E-state index is 0.308. The number of benzene rings is 1. The van der Waals surface area contributed by atoms with Crippen molar-refractivity contribution in [2.45, 2.75) is 0 Å². The van der Waals surface area contributed by atoms with Crippen molar-refractivity contribution in [3.05, 3.63) is 53.0 Å². The number of fused-ring (bicyclic) bond motifs is 1. The second kappa shape index (κ2) is 3.92. The van der Waals surface area contributed by atoms with E-state index in [1.165, 1.54) is 6.07 Å². The van der Waals surface area contributed by atoms with Gasteiger partial charge in [-0.3, -0.25) is 0 Å². The lowest BCUT2D eigenvalue weighted by Crippen LogP contribution is -1.95. The molecule has 0 aliphatic heterocycles. The van der Waals surface area contributed by atoms with E-state index in [1.54, 1.807) is 28.9 Å². The molecule has 0 aliphatic carbocycles. The summed E-state index contributed by atoms with van der Waals surface area (Å²) in [6.07, 6.45) is 1.64. The van der Waals surface area contributed by atoms with E-state index >= 15 is 0 Å². The number of rotatable bonds is 1. The van der Waals surface area contributed by atoms with Crippen molar-refractivity contribution in [2.75, 3.05) is 0 Å². The van der Waals surface area contributed by atoms with Gasteiger partial charge >= 0.3 is 0 Å². The predicted molar refractivity (Wildman–Crippen MR) is 66.1 cm³/mol. The maximum atomic E-state index is 13.7. The Labute approximate surface area is 105 Å². The van der Waals surface area contributed by atoms with Crippen molar-refractivity contribution in [1.82, 2.24) is 14.6 Å². The van der Waals surface area contributed by atoms with Crippen LogP contribution < -0.4 is 0 Å². The lowest BCUT2D eigenvalue weighted by atomic mass is 10.2. The highest BCUT2D eigenvalue weighted by molar-refractivity contribution is 9.10. The Morgan fingerprint density at radius 3 is 2.76 bits per heavy atom. The summed E-state index contributed by atoms with van der Waals surface area (Å²) < 4.78 is 16.0. The lowest BCUT2D eigenvalue weighted by molar-refractivity contribution is 0.629. The average molecular weight is 292 g/mol. The predicted octanol–water partition coefficient (Wildman–Crippen LogP) is 3.30. The van der Waals surface area contributed by atoms with Crippen molar-refractivity contribution < 1.29 is 4.39 Å². The fourth-order valence-electron chi connectivity index (χ4n) is 1.71. The van der Waals surface area contributed by atoms with Crippen LogP contribution in [0.1, 0.15) is 0 Å². The maximum absolute atomic E-state index is 13.7. The van der Waals surface area contributed by atoms with Crippen molar-refractivity contribution in [2.24, 2.45) is 0 Å². The van der Waals surface area contributed by atoms with Gasteiger partial charge in [-0.1, -0.05) is 12.1 Å². The summed E-state index contributed by atoms with van der Waals surface area (Å²) in [4.78, 5) is 4.30. The van der Waals surface area contributed by atoms with Gasteiger partial charge in [0, 0.05) is 6.20 Å². The van der Waals surface area contributed by atoms with Gasteiger partial charge in [0.15, 0.2) is 5.82 Å². The zero-order valence-corrected chi connectivity index (χ0v) is 10.2. The average Bonchev–Trinajstić information content (AvgIpc) is 2.68. The number of aromatic nitrogens is 3. The first-order valence-electron chi connectivity index (χ1n) is 5.01. The first-order valence-corrected chi connectivity index (χ1v) is 5.81. The summed E-state index contributed by atoms with van der Waals surface area (Å²) in [5.74, 6) is 0.183. The van der Waals surface area contributed by atoms with Gasteiger partial charge < -0.3 is 0 Å². The molecule has 3 nitrogen and oxygen atoms in total. The molecule has 17 heavy (non-hydrogen) atoms. The number of halogens is 2. The fraction of sp³-hybridized carbons (Fsp3) is 0. The first-order chi connectivity index (χ1) is 8.27. The van der Waals surface area contributed by atoms with E-state index in [1.807, 2.05) is 12.1 Å². The molecule has 0 saturated carbocycles. The smallest absolute Gasteiger partial charge is 0.165 e. The largest absolute Gasteiger partial charge is 0.219 e. The molecular formula is C12H7BrFN3. The molecule has 0 aliphatic rings. The Kier molecular flexibility index (Phi) is 2.40. The number of nitrogens with zero attached hydrogens (tertiary/aromatic N) is 3. The Hall–Kier alpha value is -1.75. The molecule has 0 unspecified atom stereocenters. The standard InChI is InChI=1S/C12H7BrFN3/c13-11-10-6-3-7-15-17(10)12(16-11)8-4-1-2-5-9(8)14/h1-7H. The second-order valence-electron chi connectivity index (χ2n) is 3.53. The second-order valence-corrected chi connectivity index (χ2v) is 4.28. The minimum Gasteiger partial charge on any atom is -0.219 e. The minimum atomic E-state index is -0.308. The van der Waals surface area contributed by atoms with Crippen molar-refractivity contribution in [1.29, 1.82) is 0 Å². The quantitative estimate of drug-likeness (QED) is 0.689. The summed E-state index contributed by atoms with van der Waals surface area (Å²) in [5.41, 5.74) is 1.25. The topological polar surface area (TPSA) is 30.2 Å². The highest BCUT2D eigenvalue weighted by Crippen LogP contribution is 2.26. The molecule has 0 radical (unpaired) electrons. The number of hydrogen-bond donors (Lipinski definition) is 0. The Balaban J connectivity index is 2.35. The molecule has 3 rings (SSSR count). The Bertz CT molecular complexity index is 693. The molecule has 0 spiro atoms. The highest BCUT2D eigenvalue weighted by atomic mass is 79.9. The van der Waals surface area contributed by atoms with Gasteiger partial charge in [0.2, 0.25) is 0 Å². The van der Waals surface area contributed by atoms with Crippen LogP contribution >= 0.6 is 15.9 Å². The molecule has 0 N–H and O–H groups in total. The third-order valence-electron chi connectivity index (χ3n) is 2.48. The molecular weight excluding hydrogens is 285 g/mol. The van der Waals surface area contributed by atoms with Gasteiger partial charge in [-0.2, -0.15) is 5.10 Å². The van der Waals surface area contributed by atoms with Gasteiger partial charge in [-0.25, -0.2) is 13.9 Å². The van der Waals surface area contributed by atoms with E-state index in [4.69, 9.17) is 0 Å². The van der Waals surface area contributed by atoms with Crippen LogP contribution in [-0.2, 0) is 0 Å². The van der Waals surface area contributed by atoms with E-state index in [9.17, 15) is 4.39 Å². The molecule has 0 fully saturated rings. The van der Waals surface area contributed by atoms with Crippen LogP contribution in [0, 0.1) is 5.82 Å². The molecule has 0 atom stereocenters. The van der Waals surface area contributed by atoms with Crippen LogP contribution in [0.15, 0.2) is 47.2 Å². The van der Waals surface area contributed by atoms with E-state index < -0.39 is 0 Å². The molecule has 2 heterocycles. The SMILES string of the molecule is Fc1ccccc1-c1nc(Br)c2cccnn12. The van der Waals surface area contributed by atoms with Crippen LogP contribution in [0.4, 0.5) is 4.39 Å². The number of hydrogen-bond acceptors (Lipinski definition) is 2. The van der Waals surface area contributed by atoms with Gasteiger partial charge in [0.25, 0.3) is 0 Å². The summed E-state index contributed by atoms with van der Waals surface area (Å²) in [6.45, 7) is 0. The summed E-state index contributed by atoms with van der Waals surface area (Å²) in [5, 5.41) is 4.18.